The third-order valence-electron chi connectivity index (χ3n) is 2.30. The lowest BCUT2D eigenvalue weighted by molar-refractivity contribution is -0.115. The molecule has 0 bridgehead atoms. The van der Waals surface area contributed by atoms with Gasteiger partial charge in [-0.05, 0) is 24.3 Å². The maximum atomic E-state index is 13.3. The average molecular weight is 284 g/mol. The van der Waals surface area contributed by atoms with Gasteiger partial charge in [-0.1, -0.05) is 17.7 Å². The smallest absolute Gasteiger partial charge is 0.230 e. The molecule has 0 saturated carbocycles. The Morgan fingerprint density at radius 2 is 1.84 bits per heavy atom. The number of hydrogen-bond acceptors (Lipinski definition) is 3. The SMILES string of the molecule is O=C(Cc1c(F)cccc1F)Nc1ccc(Cl)nn1. The van der Waals surface area contributed by atoms with Crippen LogP contribution in [0.1, 0.15) is 5.56 Å². The first kappa shape index (κ1) is 13.4. The minimum absolute atomic E-state index is 0.158. The summed E-state index contributed by atoms with van der Waals surface area (Å²) in [5.74, 6) is -1.97. The van der Waals surface area contributed by atoms with Gasteiger partial charge in [0.1, 0.15) is 11.6 Å². The van der Waals surface area contributed by atoms with E-state index in [-0.39, 0.29) is 16.5 Å². The van der Waals surface area contributed by atoms with Gasteiger partial charge in [0, 0.05) is 5.56 Å². The molecule has 1 aromatic carbocycles. The quantitative estimate of drug-likeness (QED) is 0.942. The summed E-state index contributed by atoms with van der Waals surface area (Å²) >= 11 is 5.53. The number of aromatic nitrogens is 2. The van der Waals surface area contributed by atoms with Crippen LogP contribution in [-0.2, 0) is 11.2 Å². The molecule has 0 aliphatic rings. The molecular weight excluding hydrogens is 276 g/mol. The number of anilines is 1. The van der Waals surface area contributed by atoms with Crippen LogP contribution in [0.3, 0.4) is 0 Å². The van der Waals surface area contributed by atoms with Crippen LogP contribution in [0.5, 0.6) is 0 Å². The van der Waals surface area contributed by atoms with Crippen molar-refractivity contribution in [2.45, 2.75) is 6.42 Å². The van der Waals surface area contributed by atoms with Crippen molar-refractivity contribution in [3.05, 3.63) is 52.7 Å². The third kappa shape index (κ3) is 3.45. The first-order valence-electron chi connectivity index (χ1n) is 5.28. The van der Waals surface area contributed by atoms with Crippen LogP contribution in [0.4, 0.5) is 14.6 Å². The van der Waals surface area contributed by atoms with E-state index in [2.05, 4.69) is 15.5 Å². The van der Waals surface area contributed by atoms with E-state index in [9.17, 15) is 13.6 Å². The molecule has 0 aliphatic heterocycles. The van der Waals surface area contributed by atoms with E-state index in [1.54, 1.807) is 0 Å². The van der Waals surface area contributed by atoms with Crippen LogP contribution < -0.4 is 5.32 Å². The van der Waals surface area contributed by atoms with Gasteiger partial charge in [-0.15, -0.1) is 10.2 Å². The number of halogens is 3. The summed E-state index contributed by atoms with van der Waals surface area (Å²) in [6.45, 7) is 0. The number of amides is 1. The molecule has 0 radical (unpaired) electrons. The Morgan fingerprint density at radius 1 is 1.16 bits per heavy atom. The zero-order valence-corrected chi connectivity index (χ0v) is 10.3. The van der Waals surface area contributed by atoms with E-state index in [0.717, 1.165) is 12.1 Å². The molecule has 0 atom stereocenters. The van der Waals surface area contributed by atoms with E-state index in [4.69, 9.17) is 11.6 Å². The predicted molar refractivity (Wildman–Crippen MR) is 65.7 cm³/mol. The second kappa shape index (κ2) is 5.71. The summed E-state index contributed by atoms with van der Waals surface area (Å²) in [4.78, 5) is 11.6. The zero-order chi connectivity index (χ0) is 13.8. The lowest BCUT2D eigenvalue weighted by Crippen LogP contribution is -2.17. The van der Waals surface area contributed by atoms with Crippen LogP contribution in [0.2, 0.25) is 5.15 Å². The molecule has 2 rings (SSSR count). The number of nitrogens with zero attached hydrogens (tertiary/aromatic N) is 2. The second-order valence-electron chi connectivity index (χ2n) is 3.67. The van der Waals surface area contributed by atoms with Crippen molar-refractivity contribution >= 4 is 23.3 Å². The van der Waals surface area contributed by atoms with Gasteiger partial charge < -0.3 is 5.32 Å². The normalized spacial score (nSPS) is 10.3. The highest BCUT2D eigenvalue weighted by atomic mass is 35.5. The summed E-state index contributed by atoms with van der Waals surface area (Å²) in [5, 5.41) is 9.68. The minimum Gasteiger partial charge on any atom is -0.309 e. The molecule has 0 fully saturated rings. The highest BCUT2D eigenvalue weighted by molar-refractivity contribution is 6.29. The Hall–Kier alpha value is -2.08. The molecule has 1 aromatic heterocycles. The third-order valence-corrected chi connectivity index (χ3v) is 2.50. The molecule has 19 heavy (non-hydrogen) atoms. The van der Waals surface area contributed by atoms with Crippen LogP contribution >= 0.6 is 11.6 Å². The summed E-state index contributed by atoms with van der Waals surface area (Å²) in [6, 6.07) is 6.29. The first-order chi connectivity index (χ1) is 9.06. The molecule has 0 aliphatic carbocycles. The van der Waals surface area contributed by atoms with Gasteiger partial charge >= 0.3 is 0 Å². The van der Waals surface area contributed by atoms with Gasteiger partial charge in [0.25, 0.3) is 0 Å². The maximum Gasteiger partial charge on any atom is 0.230 e. The van der Waals surface area contributed by atoms with Gasteiger partial charge in [0.2, 0.25) is 5.91 Å². The Balaban J connectivity index is 2.07. The summed E-state index contributed by atoms with van der Waals surface area (Å²) in [7, 11) is 0. The number of benzene rings is 1. The van der Waals surface area contributed by atoms with Crippen molar-refractivity contribution in [1.29, 1.82) is 0 Å². The minimum atomic E-state index is -0.766. The van der Waals surface area contributed by atoms with E-state index in [0.29, 0.717) is 0 Å². The van der Waals surface area contributed by atoms with E-state index in [1.807, 2.05) is 0 Å². The number of hydrogen-bond donors (Lipinski definition) is 1. The van der Waals surface area contributed by atoms with Gasteiger partial charge in [0.05, 0.1) is 6.42 Å². The number of rotatable bonds is 3. The Kier molecular flexibility index (Phi) is 4.01. The summed E-state index contributed by atoms with van der Waals surface area (Å²) in [6.07, 6.45) is -0.428. The Morgan fingerprint density at radius 3 is 2.42 bits per heavy atom. The van der Waals surface area contributed by atoms with Gasteiger partial charge in [-0.3, -0.25) is 4.79 Å². The van der Waals surface area contributed by atoms with Gasteiger partial charge in [0.15, 0.2) is 11.0 Å². The first-order valence-corrected chi connectivity index (χ1v) is 5.66. The lowest BCUT2D eigenvalue weighted by atomic mass is 10.1. The molecule has 1 heterocycles. The Bertz CT molecular complexity index is 584. The largest absolute Gasteiger partial charge is 0.309 e. The lowest BCUT2D eigenvalue weighted by Gasteiger charge is -2.05. The molecule has 98 valence electrons. The van der Waals surface area contributed by atoms with E-state index < -0.39 is 24.0 Å². The van der Waals surface area contributed by atoms with Gasteiger partial charge in [-0.25, -0.2) is 8.78 Å². The maximum absolute atomic E-state index is 13.3. The standard InChI is InChI=1S/C12H8ClF2N3O/c13-10-4-5-11(18-17-10)16-12(19)6-7-8(14)2-1-3-9(7)15/h1-5H,6H2,(H,16,18,19). The molecule has 7 heteroatoms. The zero-order valence-electron chi connectivity index (χ0n) is 9.53. The summed E-state index contributed by atoms with van der Waals surface area (Å²) in [5.41, 5.74) is -0.290. The fraction of sp³-hybridized carbons (Fsp3) is 0.0833. The van der Waals surface area contributed by atoms with Crippen molar-refractivity contribution in [2.75, 3.05) is 5.32 Å². The highest BCUT2D eigenvalue weighted by Crippen LogP contribution is 2.13. The number of nitrogens with one attached hydrogen (secondary N) is 1. The molecule has 0 saturated heterocycles. The monoisotopic (exact) mass is 283 g/mol. The molecule has 0 unspecified atom stereocenters. The molecule has 0 spiro atoms. The second-order valence-corrected chi connectivity index (χ2v) is 4.05. The van der Waals surface area contributed by atoms with Crippen LogP contribution in [-0.4, -0.2) is 16.1 Å². The number of carbonyl (C=O) groups is 1. The van der Waals surface area contributed by atoms with Crippen molar-refractivity contribution < 1.29 is 13.6 Å². The fourth-order valence-electron chi connectivity index (χ4n) is 1.43. The molecule has 1 amide bonds. The topological polar surface area (TPSA) is 54.9 Å². The molecular formula is C12H8ClF2N3O. The van der Waals surface area contributed by atoms with Crippen LogP contribution in [0.25, 0.3) is 0 Å². The number of carbonyl (C=O) groups excluding carboxylic acids is 1. The Labute approximate surface area is 112 Å². The van der Waals surface area contributed by atoms with Crippen molar-refractivity contribution in [3.63, 3.8) is 0 Å². The predicted octanol–water partition coefficient (Wildman–Crippen LogP) is 2.59. The van der Waals surface area contributed by atoms with Crippen LogP contribution in [0.15, 0.2) is 30.3 Å². The molecule has 4 nitrogen and oxygen atoms in total. The summed E-state index contributed by atoms with van der Waals surface area (Å²) < 4.78 is 26.7. The van der Waals surface area contributed by atoms with Crippen molar-refractivity contribution in [1.82, 2.24) is 10.2 Å². The highest BCUT2D eigenvalue weighted by Gasteiger charge is 2.13. The van der Waals surface area contributed by atoms with Crippen molar-refractivity contribution in [2.24, 2.45) is 0 Å². The van der Waals surface area contributed by atoms with Gasteiger partial charge in [-0.2, -0.15) is 0 Å². The average Bonchev–Trinajstić information content (AvgIpc) is 2.37. The molecule has 1 N–H and O–H groups in total. The molecule has 2 aromatic rings. The van der Waals surface area contributed by atoms with E-state index in [1.165, 1.54) is 18.2 Å². The van der Waals surface area contributed by atoms with Crippen molar-refractivity contribution in [3.8, 4) is 0 Å². The fourth-order valence-corrected chi connectivity index (χ4v) is 1.53. The van der Waals surface area contributed by atoms with Crippen LogP contribution in [0, 0.1) is 11.6 Å². The van der Waals surface area contributed by atoms with E-state index >= 15 is 0 Å².